The molecule has 3 rings (SSSR count). The first-order valence-corrected chi connectivity index (χ1v) is 8.83. The van der Waals surface area contributed by atoms with E-state index in [4.69, 9.17) is 10.5 Å². The van der Waals surface area contributed by atoms with Crippen LogP contribution < -0.4 is 15.8 Å². The Bertz CT molecular complexity index is 1040. The molecule has 0 aromatic heterocycles. The first-order valence-electron chi connectivity index (χ1n) is 8.83. The van der Waals surface area contributed by atoms with E-state index >= 15 is 0 Å². The average Bonchev–Trinajstić information content (AvgIpc) is 2.72. The van der Waals surface area contributed by atoms with Gasteiger partial charge in [0.2, 0.25) is 12.0 Å². The fourth-order valence-corrected chi connectivity index (χ4v) is 2.72. The van der Waals surface area contributed by atoms with Gasteiger partial charge in [-0.2, -0.15) is 13.2 Å². The fraction of sp³-hybridized carbons (Fsp3) is 0.0909. The molecule has 5 nitrogen and oxygen atoms in total. The van der Waals surface area contributed by atoms with Crippen molar-refractivity contribution in [3.63, 3.8) is 0 Å². The number of hydrogen-bond donors (Lipinski definition) is 2. The number of amides is 2. The molecule has 0 heterocycles. The minimum Gasteiger partial charge on any atom is -0.476 e. The van der Waals surface area contributed by atoms with Crippen molar-refractivity contribution in [1.29, 1.82) is 0 Å². The molecule has 0 aliphatic carbocycles. The molecule has 0 fully saturated rings. The first kappa shape index (κ1) is 20.9. The van der Waals surface area contributed by atoms with Gasteiger partial charge in [-0.3, -0.25) is 9.59 Å². The highest BCUT2D eigenvalue weighted by Crippen LogP contribution is 2.31. The topological polar surface area (TPSA) is 81.4 Å². The number of carbonyl (C=O) groups is 2. The summed E-state index contributed by atoms with van der Waals surface area (Å²) in [4.78, 5) is 24.1. The highest BCUT2D eigenvalue weighted by Gasteiger charge is 2.31. The Hall–Kier alpha value is -3.81. The molecule has 0 spiro atoms. The van der Waals surface area contributed by atoms with Crippen LogP contribution in [0.2, 0.25) is 0 Å². The molecule has 3 aromatic carbocycles. The summed E-state index contributed by atoms with van der Waals surface area (Å²) < 4.78 is 44.6. The van der Waals surface area contributed by atoms with Crippen LogP contribution in [0.5, 0.6) is 5.75 Å². The smallest absolute Gasteiger partial charge is 0.416 e. The van der Waals surface area contributed by atoms with Crippen LogP contribution in [0.15, 0.2) is 78.9 Å². The third-order valence-electron chi connectivity index (χ3n) is 4.19. The van der Waals surface area contributed by atoms with E-state index in [9.17, 15) is 22.8 Å². The Morgan fingerprint density at radius 2 is 1.57 bits per heavy atom. The van der Waals surface area contributed by atoms with Gasteiger partial charge in [0.25, 0.3) is 5.91 Å². The van der Waals surface area contributed by atoms with Crippen molar-refractivity contribution >= 4 is 17.5 Å². The molecule has 1 atom stereocenters. The summed E-state index contributed by atoms with van der Waals surface area (Å²) in [5.74, 6) is -0.976. The van der Waals surface area contributed by atoms with Crippen molar-refractivity contribution in [3.8, 4) is 5.75 Å². The summed E-state index contributed by atoms with van der Waals surface area (Å²) in [5.41, 5.74) is 5.09. The van der Waals surface area contributed by atoms with Crippen LogP contribution >= 0.6 is 0 Å². The molecule has 0 radical (unpaired) electrons. The number of nitrogens with two attached hydrogens (primary N) is 1. The van der Waals surface area contributed by atoms with Crippen LogP contribution in [0.3, 0.4) is 0 Å². The van der Waals surface area contributed by atoms with Crippen molar-refractivity contribution in [2.75, 3.05) is 5.32 Å². The number of carbonyl (C=O) groups excluding carboxylic acids is 2. The van der Waals surface area contributed by atoms with E-state index in [1.807, 2.05) is 0 Å². The standard InChI is InChI=1S/C22H17F3N2O3/c23-22(24,25)16-7-4-8-17(13-16)27-21(29)19(14-5-2-1-3-6-14)30-18-11-9-15(10-12-18)20(26)28/h1-13,19H,(H2,26,28)(H,27,29)/t19-/m1/s1. The minimum absolute atomic E-state index is 0.0107. The minimum atomic E-state index is -4.53. The number of benzene rings is 3. The molecule has 0 saturated heterocycles. The summed E-state index contributed by atoms with van der Waals surface area (Å²) in [6.07, 6.45) is -5.67. The largest absolute Gasteiger partial charge is 0.476 e. The number of nitrogens with one attached hydrogen (secondary N) is 1. The summed E-state index contributed by atoms with van der Waals surface area (Å²) in [5, 5.41) is 2.46. The maximum atomic E-state index is 12.9. The number of alkyl halides is 3. The number of hydrogen-bond acceptors (Lipinski definition) is 3. The lowest BCUT2D eigenvalue weighted by Gasteiger charge is -2.20. The number of ether oxygens (including phenoxy) is 1. The van der Waals surface area contributed by atoms with Crippen LogP contribution in [0.4, 0.5) is 18.9 Å². The zero-order valence-corrected chi connectivity index (χ0v) is 15.5. The maximum absolute atomic E-state index is 12.9. The molecule has 0 aliphatic rings. The number of rotatable bonds is 6. The van der Waals surface area contributed by atoms with Crippen molar-refractivity contribution in [3.05, 3.63) is 95.6 Å². The fourth-order valence-electron chi connectivity index (χ4n) is 2.72. The number of primary amides is 1. The molecule has 2 amide bonds. The normalized spacial score (nSPS) is 12.1. The molecule has 0 bridgehead atoms. The molecule has 30 heavy (non-hydrogen) atoms. The summed E-state index contributed by atoms with van der Waals surface area (Å²) in [6.45, 7) is 0. The Labute approximate surface area is 170 Å². The van der Waals surface area contributed by atoms with Gasteiger partial charge in [-0.15, -0.1) is 0 Å². The van der Waals surface area contributed by atoms with E-state index < -0.39 is 29.7 Å². The van der Waals surface area contributed by atoms with Crippen molar-refractivity contribution in [2.24, 2.45) is 5.73 Å². The van der Waals surface area contributed by atoms with E-state index in [2.05, 4.69) is 5.32 Å². The van der Waals surface area contributed by atoms with Gasteiger partial charge in [0.1, 0.15) is 5.75 Å². The summed E-state index contributed by atoms with van der Waals surface area (Å²) >= 11 is 0. The predicted molar refractivity (Wildman–Crippen MR) is 105 cm³/mol. The Morgan fingerprint density at radius 1 is 0.900 bits per heavy atom. The van der Waals surface area contributed by atoms with Crippen LogP contribution in [0.25, 0.3) is 0 Å². The lowest BCUT2D eigenvalue weighted by Crippen LogP contribution is -2.26. The molecule has 0 unspecified atom stereocenters. The molecule has 8 heteroatoms. The molecule has 3 N–H and O–H groups in total. The summed E-state index contributed by atoms with van der Waals surface area (Å²) in [7, 11) is 0. The highest BCUT2D eigenvalue weighted by atomic mass is 19.4. The second kappa shape index (κ2) is 8.69. The lowest BCUT2D eigenvalue weighted by molar-refractivity contribution is -0.137. The van der Waals surface area contributed by atoms with Gasteiger partial charge in [0, 0.05) is 16.8 Å². The Kier molecular flexibility index (Phi) is 6.06. The monoisotopic (exact) mass is 414 g/mol. The third kappa shape index (κ3) is 5.16. The molecule has 3 aromatic rings. The number of halogens is 3. The van der Waals surface area contributed by atoms with E-state index in [0.29, 0.717) is 5.56 Å². The van der Waals surface area contributed by atoms with Gasteiger partial charge in [0.05, 0.1) is 5.56 Å². The molecular formula is C22H17F3N2O3. The van der Waals surface area contributed by atoms with Crippen molar-refractivity contribution < 1.29 is 27.5 Å². The van der Waals surface area contributed by atoms with E-state index in [-0.39, 0.29) is 17.0 Å². The molecule has 154 valence electrons. The highest BCUT2D eigenvalue weighted by molar-refractivity contribution is 5.95. The van der Waals surface area contributed by atoms with E-state index in [1.165, 1.54) is 36.4 Å². The zero-order chi connectivity index (χ0) is 21.7. The van der Waals surface area contributed by atoms with Gasteiger partial charge in [-0.05, 0) is 42.5 Å². The molecule has 0 saturated carbocycles. The van der Waals surface area contributed by atoms with E-state index in [1.54, 1.807) is 30.3 Å². The van der Waals surface area contributed by atoms with E-state index in [0.717, 1.165) is 12.1 Å². The van der Waals surface area contributed by atoms with Gasteiger partial charge >= 0.3 is 6.18 Å². The Balaban J connectivity index is 1.85. The lowest BCUT2D eigenvalue weighted by atomic mass is 10.1. The van der Waals surface area contributed by atoms with Gasteiger partial charge < -0.3 is 15.8 Å². The average molecular weight is 414 g/mol. The Morgan fingerprint density at radius 3 is 2.17 bits per heavy atom. The zero-order valence-electron chi connectivity index (χ0n) is 15.5. The molecule has 0 aliphatic heterocycles. The second-order valence-corrected chi connectivity index (χ2v) is 6.37. The van der Waals surface area contributed by atoms with Crippen LogP contribution in [0, 0.1) is 0 Å². The SMILES string of the molecule is NC(=O)c1ccc(O[C@@H](C(=O)Nc2cccc(C(F)(F)F)c2)c2ccccc2)cc1. The quantitative estimate of drug-likeness (QED) is 0.620. The third-order valence-corrected chi connectivity index (χ3v) is 4.19. The van der Waals surface area contributed by atoms with Gasteiger partial charge in [0.15, 0.2) is 0 Å². The predicted octanol–water partition coefficient (Wildman–Crippen LogP) is 4.56. The van der Waals surface area contributed by atoms with Crippen molar-refractivity contribution in [2.45, 2.75) is 12.3 Å². The first-order chi connectivity index (χ1) is 14.2. The maximum Gasteiger partial charge on any atom is 0.416 e. The number of anilines is 1. The summed E-state index contributed by atoms with van der Waals surface area (Å²) in [6, 6.07) is 18.7. The molecular weight excluding hydrogens is 397 g/mol. The van der Waals surface area contributed by atoms with Crippen molar-refractivity contribution in [1.82, 2.24) is 0 Å². The second-order valence-electron chi connectivity index (χ2n) is 6.37. The van der Waals surface area contributed by atoms with Gasteiger partial charge in [-0.25, -0.2) is 0 Å². The van der Waals surface area contributed by atoms with Crippen LogP contribution in [0.1, 0.15) is 27.6 Å². The van der Waals surface area contributed by atoms with Crippen LogP contribution in [-0.2, 0) is 11.0 Å². The van der Waals surface area contributed by atoms with Crippen LogP contribution in [-0.4, -0.2) is 11.8 Å². The van der Waals surface area contributed by atoms with Gasteiger partial charge in [-0.1, -0.05) is 36.4 Å².